The monoisotopic (exact) mass is 529 g/mol. The van der Waals surface area contributed by atoms with Crippen molar-refractivity contribution in [3.63, 3.8) is 0 Å². The fourth-order valence-corrected chi connectivity index (χ4v) is 6.08. The van der Waals surface area contributed by atoms with Gasteiger partial charge in [0.15, 0.2) is 0 Å². The number of aliphatic hydroxyl groups excluding tert-OH is 1. The maximum atomic E-state index is 12.9. The Morgan fingerprint density at radius 2 is 1.62 bits per heavy atom. The average molecular weight is 531 g/mol. The molecule has 2 aliphatic heterocycles. The molecule has 5 heteroatoms. The van der Waals surface area contributed by atoms with Gasteiger partial charge in [0.2, 0.25) is 0 Å². The number of nitrogens with zero attached hydrogens (tertiary/aromatic N) is 1. The summed E-state index contributed by atoms with van der Waals surface area (Å²) in [4.78, 5) is 12.9. The molecule has 3 unspecified atom stereocenters. The number of hydrogen-bond acceptors (Lipinski definition) is 3. The van der Waals surface area contributed by atoms with Crippen molar-refractivity contribution >= 4 is 5.97 Å². The van der Waals surface area contributed by atoms with Crippen LogP contribution in [0.1, 0.15) is 74.5 Å². The molecular formula is C29H40BrNO3. The van der Waals surface area contributed by atoms with E-state index in [4.69, 9.17) is 4.74 Å². The van der Waals surface area contributed by atoms with Gasteiger partial charge in [-0.25, -0.2) is 0 Å². The van der Waals surface area contributed by atoms with E-state index in [1.807, 2.05) is 30.3 Å². The second kappa shape index (κ2) is 12.3. The zero-order valence-electron chi connectivity index (χ0n) is 20.7. The van der Waals surface area contributed by atoms with E-state index >= 15 is 0 Å². The smallest absolute Gasteiger partial charge is 0.316 e. The Morgan fingerprint density at radius 1 is 1.00 bits per heavy atom. The topological polar surface area (TPSA) is 46.5 Å². The third-order valence-electron chi connectivity index (χ3n) is 8.14. The minimum absolute atomic E-state index is 0. The number of hydrogen-bond donors (Lipinski definition) is 1. The van der Waals surface area contributed by atoms with Crippen molar-refractivity contribution in [1.82, 2.24) is 0 Å². The zero-order valence-corrected chi connectivity index (χ0v) is 22.3. The van der Waals surface area contributed by atoms with Gasteiger partial charge >= 0.3 is 5.97 Å². The summed E-state index contributed by atoms with van der Waals surface area (Å²) in [6.07, 6.45) is 9.21. The molecule has 4 nitrogen and oxygen atoms in total. The Balaban J connectivity index is 0.00000324. The third kappa shape index (κ3) is 6.10. The summed E-state index contributed by atoms with van der Waals surface area (Å²) in [6.45, 7) is 3.08. The first-order valence-corrected chi connectivity index (χ1v) is 12.8. The minimum atomic E-state index is -0.595. The lowest BCUT2D eigenvalue weighted by molar-refractivity contribution is -0.961. The Hall–Kier alpha value is -1.69. The van der Waals surface area contributed by atoms with Gasteiger partial charge in [-0.05, 0) is 24.0 Å². The molecule has 4 rings (SSSR count). The molecule has 0 aliphatic carbocycles. The highest BCUT2D eigenvalue weighted by Gasteiger charge is 2.52. The first-order valence-electron chi connectivity index (χ1n) is 12.8. The lowest BCUT2D eigenvalue weighted by Gasteiger charge is -2.47. The predicted octanol–water partition coefficient (Wildman–Crippen LogP) is 2.38. The number of unbranched alkanes of at least 4 members (excludes halogenated alkanes) is 2. The van der Waals surface area contributed by atoms with Crippen LogP contribution in [0, 0.1) is 0 Å². The van der Waals surface area contributed by atoms with E-state index in [2.05, 4.69) is 38.2 Å². The third-order valence-corrected chi connectivity index (χ3v) is 8.14. The number of halogens is 1. The van der Waals surface area contributed by atoms with Crippen molar-refractivity contribution in [3.8, 4) is 0 Å². The lowest BCUT2D eigenvalue weighted by atomic mass is 9.94. The standard InChI is InChI=1S/C29H40NO3.BrH/c1-3-4-6-9-22-12-14-23(15-13-22)20-30(2)25-16-17-26(30)19-27(18-25)33-29(32)28(21-31)24-10-7-5-8-11-24;/h5,7-8,10-15,25-28,31H,3-4,6,9,16-21H2,1-2H3;1H/q+1;/p-1. The normalized spacial score (nSPS) is 26.5. The maximum absolute atomic E-state index is 12.9. The Bertz CT molecular complexity index is 887. The van der Waals surface area contributed by atoms with Gasteiger partial charge in [-0.3, -0.25) is 4.79 Å². The number of quaternary nitrogens is 1. The number of piperidine rings is 1. The van der Waals surface area contributed by atoms with E-state index in [0.717, 1.165) is 29.4 Å². The number of aliphatic hydroxyl groups is 1. The number of carbonyl (C=O) groups excluding carboxylic acids is 1. The van der Waals surface area contributed by atoms with Gasteiger partial charge in [0.1, 0.15) is 18.6 Å². The van der Waals surface area contributed by atoms with Crippen molar-refractivity contribution in [3.05, 3.63) is 71.3 Å². The molecule has 2 aromatic carbocycles. The summed E-state index contributed by atoms with van der Waals surface area (Å²) in [5.41, 5.74) is 3.68. The number of benzene rings is 2. The van der Waals surface area contributed by atoms with E-state index < -0.39 is 5.92 Å². The van der Waals surface area contributed by atoms with Crippen LogP contribution in [0.2, 0.25) is 0 Å². The molecular weight excluding hydrogens is 490 g/mol. The van der Waals surface area contributed by atoms with Crippen LogP contribution in [0.5, 0.6) is 0 Å². The van der Waals surface area contributed by atoms with Gasteiger partial charge in [-0.15, -0.1) is 0 Å². The summed E-state index contributed by atoms with van der Waals surface area (Å²) in [7, 11) is 2.40. The molecule has 34 heavy (non-hydrogen) atoms. The van der Waals surface area contributed by atoms with Gasteiger partial charge in [0.05, 0.1) is 25.7 Å². The van der Waals surface area contributed by atoms with Crippen molar-refractivity contribution in [2.75, 3.05) is 13.7 Å². The fraction of sp³-hybridized carbons (Fsp3) is 0.552. The molecule has 2 aromatic rings. The highest BCUT2D eigenvalue weighted by molar-refractivity contribution is 5.78. The van der Waals surface area contributed by atoms with Gasteiger partial charge in [0.25, 0.3) is 0 Å². The van der Waals surface area contributed by atoms with Gasteiger partial charge in [-0.2, -0.15) is 0 Å². The van der Waals surface area contributed by atoms with Gasteiger partial charge in [0, 0.05) is 31.2 Å². The van der Waals surface area contributed by atoms with Crippen LogP contribution >= 0.6 is 0 Å². The summed E-state index contributed by atoms with van der Waals surface area (Å²) in [5.74, 6) is -0.884. The second-order valence-electron chi connectivity index (χ2n) is 10.3. The molecule has 0 radical (unpaired) electrons. The summed E-state index contributed by atoms with van der Waals surface area (Å²) in [5, 5.41) is 9.82. The van der Waals surface area contributed by atoms with Crippen LogP contribution < -0.4 is 17.0 Å². The predicted molar refractivity (Wildman–Crippen MR) is 132 cm³/mol. The fourth-order valence-electron chi connectivity index (χ4n) is 6.08. The van der Waals surface area contributed by atoms with E-state index in [9.17, 15) is 9.90 Å². The molecule has 2 fully saturated rings. The van der Waals surface area contributed by atoms with E-state index in [-0.39, 0.29) is 35.7 Å². The second-order valence-corrected chi connectivity index (χ2v) is 10.3. The lowest BCUT2D eigenvalue weighted by Crippen LogP contribution is -3.00. The van der Waals surface area contributed by atoms with Gasteiger partial charge in [-0.1, -0.05) is 74.4 Å². The Morgan fingerprint density at radius 3 is 2.21 bits per heavy atom. The van der Waals surface area contributed by atoms with Crippen LogP contribution in [0.25, 0.3) is 0 Å². The van der Waals surface area contributed by atoms with Crippen LogP contribution in [0.15, 0.2) is 54.6 Å². The van der Waals surface area contributed by atoms with Crippen molar-refractivity contribution in [1.29, 1.82) is 0 Å². The highest BCUT2D eigenvalue weighted by Crippen LogP contribution is 2.43. The molecule has 0 spiro atoms. The molecule has 3 atom stereocenters. The Labute approximate surface area is 215 Å². The van der Waals surface area contributed by atoms with Crippen molar-refractivity contribution in [2.45, 2.75) is 88.9 Å². The van der Waals surface area contributed by atoms with Crippen LogP contribution in [-0.4, -0.2) is 47.4 Å². The molecule has 2 bridgehead atoms. The summed E-state index contributed by atoms with van der Waals surface area (Å²) >= 11 is 0. The van der Waals surface area contributed by atoms with E-state index in [1.165, 1.54) is 49.7 Å². The molecule has 1 N–H and O–H groups in total. The first-order chi connectivity index (χ1) is 16.0. The maximum Gasteiger partial charge on any atom is 0.316 e. The van der Waals surface area contributed by atoms with Crippen LogP contribution in [-0.2, 0) is 22.5 Å². The molecule has 2 heterocycles. The zero-order chi connectivity index (χ0) is 23.3. The minimum Gasteiger partial charge on any atom is -1.00 e. The number of carbonyl (C=O) groups is 1. The largest absolute Gasteiger partial charge is 1.00 e. The molecule has 2 saturated heterocycles. The number of aryl methyl sites for hydroxylation is 1. The first kappa shape index (κ1) is 26.9. The quantitative estimate of drug-likeness (QED) is 0.292. The average Bonchev–Trinajstić information content (AvgIpc) is 2.98. The van der Waals surface area contributed by atoms with Crippen molar-refractivity contribution < 1.29 is 36.1 Å². The molecule has 0 amide bonds. The summed E-state index contributed by atoms with van der Waals surface area (Å²) < 4.78 is 7.04. The van der Waals surface area contributed by atoms with Crippen LogP contribution in [0.4, 0.5) is 0 Å². The molecule has 0 saturated carbocycles. The molecule has 0 aromatic heterocycles. The molecule has 186 valence electrons. The van der Waals surface area contributed by atoms with Gasteiger partial charge < -0.3 is 31.3 Å². The number of ether oxygens (including phenoxy) is 1. The Kier molecular flexibility index (Phi) is 9.75. The van der Waals surface area contributed by atoms with E-state index in [0.29, 0.717) is 12.1 Å². The SMILES string of the molecule is CCCCCc1ccc(C[N+]2(C)C3CCC2CC(OC(=O)C(CO)c2ccccc2)C3)cc1.[Br-]. The van der Waals surface area contributed by atoms with Crippen LogP contribution in [0.3, 0.4) is 0 Å². The highest BCUT2D eigenvalue weighted by atomic mass is 79.9. The van der Waals surface area contributed by atoms with Crippen molar-refractivity contribution in [2.24, 2.45) is 0 Å². The summed E-state index contributed by atoms with van der Waals surface area (Å²) in [6, 6.07) is 19.8. The van der Waals surface area contributed by atoms with E-state index in [1.54, 1.807) is 0 Å². The number of esters is 1. The number of fused-ring (bicyclic) bond motifs is 2. The molecule has 2 aliphatic rings. The number of rotatable bonds is 10.